The summed E-state index contributed by atoms with van der Waals surface area (Å²) in [5.74, 6) is -1.97. The Labute approximate surface area is 317 Å². The summed E-state index contributed by atoms with van der Waals surface area (Å²) in [5, 5.41) is 30.7. The lowest BCUT2D eigenvalue weighted by Crippen LogP contribution is -2.32. The molecule has 54 heavy (non-hydrogen) atoms. The fourth-order valence-electron chi connectivity index (χ4n) is 7.55. The van der Waals surface area contributed by atoms with Crippen LogP contribution in [0.15, 0.2) is 54.7 Å². The molecule has 8 rings (SSSR count). The van der Waals surface area contributed by atoms with Gasteiger partial charge in [-0.3, -0.25) is 24.3 Å². The fourth-order valence-corrected chi connectivity index (χ4v) is 8.10. The number of benzene rings is 2. The molecule has 4 N–H and O–H groups in total. The van der Waals surface area contributed by atoms with E-state index in [1.807, 2.05) is 9.58 Å². The van der Waals surface area contributed by atoms with Gasteiger partial charge in [0, 0.05) is 56.6 Å². The molecule has 0 saturated carbocycles. The van der Waals surface area contributed by atoms with E-state index in [1.165, 1.54) is 0 Å². The number of anilines is 3. The Morgan fingerprint density at radius 2 is 1.63 bits per heavy atom. The largest absolute Gasteiger partial charge is 0.451 e. The Kier molecular flexibility index (Phi) is 9.96. The van der Waals surface area contributed by atoms with Gasteiger partial charge in [-0.1, -0.05) is 47.5 Å². The van der Waals surface area contributed by atoms with Crippen LogP contribution in [0.25, 0.3) is 22.2 Å². The predicted molar refractivity (Wildman–Crippen MR) is 198 cm³/mol. The van der Waals surface area contributed by atoms with Gasteiger partial charge in [0.05, 0.1) is 50.9 Å². The fraction of sp³-hybridized carbons (Fsp3) is 0.378. The van der Waals surface area contributed by atoms with Crippen molar-refractivity contribution in [2.45, 2.75) is 63.2 Å². The zero-order chi connectivity index (χ0) is 37.7. The van der Waals surface area contributed by atoms with Crippen molar-refractivity contribution in [1.82, 2.24) is 34.5 Å². The Morgan fingerprint density at radius 1 is 0.907 bits per heavy atom. The number of nitrogens with one attached hydrogen (secondary N) is 2. The van der Waals surface area contributed by atoms with Gasteiger partial charge >= 0.3 is 6.18 Å². The first-order valence-corrected chi connectivity index (χ1v) is 18.5. The number of pyridine rings is 1. The number of amides is 1. The second-order valence-corrected chi connectivity index (χ2v) is 14.7. The van der Waals surface area contributed by atoms with Crippen LogP contribution in [0.2, 0.25) is 10.0 Å². The number of nitrogens with zero attached hydrogens (tertiary/aromatic N) is 7. The maximum Gasteiger partial charge on any atom is 0.451 e. The number of aryl methyl sites for hydroxylation is 1. The van der Waals surface area contributed by atoms with Gasteiger partial charge in [0.15, 0.2) is 11.5 Å². The molecule has 2 saturated heterocycles. The van der Waals surface area contributed by atoms with Crippen molar-refractivity contribution in [3.05, 3.63) is 87.5 Å². The van der Waals surface area contributed by atoms with Crippen molar-refractivity contribution >= 4 is 57.3 Å². The minimum atomic E-state index is -4.83. The smallest absolute Gasteiger partial charge is 0.392 e. The minimum absolute atomic E-state index is 0.000219. The maximum absolute atomic E-state index is 14.0. The molecule has 2 fully saturated rings. The molecule has 17 heteroatoms. The summed E-state index contributed by atoms with van der Waals surface area (Å²) >= 11 is 13.8. The third-order valence-corrected chi connectivity index (χ3v) is 11.0. The molecular weight excluding hydrogens is 746 g/mol. The lowest BCUT2D eigenvalue weighted by atomic mass is 10.0. The number of hydrogen-bond donors (Lipinski definition) is 4. The van der Waals surface area contributed by atoms with Crippen LogP contribution >= 0.6 is 23.2 Å². The normalized spacial score (nSPS) is 20.8. The number of carbonyl (C=O) groups excluding carboxylic acids is 1. The molecule has 282 valence electrons. The average Bonchev–Trinajstić information content (AvgIpc) is 3.89. The monoisotopic (exact) mass is 781 g/mol. The molecule has 0 bridgehead atoms. The maximum atomic E-state index is 14.0. The number of alkyl halides is 3. The van der Waals surface area contributed by atoms with Crippen LogP contribution in [0.1, 0.15) is 59.3 Å². The highest BCUT2D eigenvalue weighted by molar-refractivity contribution is 6.39. The Morgan fingerprint density at radius 3 is 2.33 bits per heavy atom. The third kappa shape index (κ3) is 7.36. The van der Waals surface area contributed by atoms with E-state index in [1.54, 1.807) is 54.7 Å². The summed E-state index contributed by atoms with van der Waals surface area (Å²) in [7, 11) is 0. The number of aliphatic hydroxyl groups is 2. The van der Waals surface area contributed by atoms with Gasteiger partial charge in [-0.2, -0.15) is 18.3 Å². The average molecular weight is 783 g/mol. The Bertz CT molecular complexity index is 2240. The number of halogens is 5. The number of β-amino-alcohol motifs (C(OH)–C–C–N with tert-alkyl or cyclic N) is 2. The van der Waals surface area contributed by atoms with Gasteiger partial charge < -0.3 is 20.8 Å². The number of hydrogen-bond acceptors (Lipinski definition) is 10. The quantitative estimate of drug-likeness (QED) is 0.135. The van der Waals surface area contributed by atoms with E-state index in [9.17, 15) is 28.2 Å². The van der Waals surface area contributed by atoms with Crippen LogP contribution in [0.5, 0.6) is 0 Å². The minimum Gasteiger partial charge on any atom is -0.392 e. The zero-order valence-electron chi connectivity index (χ0n) is 28.8. The number of fused-ring (bicyclic) bond motifs is 2. The first kappa shape index (κ1) is 36.6. The summed E-state index contributed by atoms with van der Waals surface area (Å²) < 4.78 is 43.9. The molecule has 5 aromatic rings. The van der Waals surface area contributed by atoms with Crippen molar-refractivity contribution < 1.29 is 28.2 Å². The molecule has 3 atom stereocenters. The Hall–Kier alpha value is -4.38. The van der Waals surface area contributed by atoms with Gasteiger partial charge in [-0.05, 0) is 55.5 Å². The highest BCUT2D eigenvalue weighted by atomic mass is 35.5. The second kappa shape index (κ2) is 14.7. The van der Waals surface area contributed by atoms with Crippen LogP contribution in [0.4, 0.5) is 30.4 Å². The molecule has 0 spiro atoms. The van der Waals surface area contributed by atoms with Gasteiger partial charge in [0.25, 0.3) is 5.91 Å². The van der Waals surface area contributed by atoms with Crippen LogP contribution in [0.3, 0.4) is 0 Å². The highest BCUT2D eigenvalue weighted by Crippen LogP contribution is 2.42. The molecule has 1 amide bonds. The second-order valence-electron chi connectivity index (χ2n) is 14.0. The van der Waals surface area contributed by atoms with Crippen molar-refractivity contribution in [3.8, 4) is 11.1 Å². The van der Waals surface area contributed by atoms with E-state index < -0.39 is 24.0 Å². The van der Waals surface area contributed by atoms with E-state index in [-0.39, 0.29) is 50.4 Å². The van der Waals surface area contributed by atoms with Crippen molar-refractivity contribution in [2.24, 2.45) is 0 Å². The first-order chi connectivity index (χ1) is 25.9. The summed E-state index contributed by atoms with van der Waals surface area (Å²) in [6.07, 6.45) is -0.898. The number of aromatic nitrogens is 5. The third-order valence-electron chi connectivity index (χ3n) is 10.2. The van der Waals surface area contributed by atoms with E-state index in [4.69, 9.17) is 23.2 Å². The molecule has 0 aliphatic carbocycles. The molecule has 0 unspecified atom stereocenters. The van der Waals surface area contributed by atoms with E-state index in [0.717, 1.165) is 31.5 Å². The SMILES string of the molecule is O=C(Nc1cccc(-c2cccc(Nc3nc(C(F)(F)F)nc4cc(CN5CC[C@@H](O)C5)cnc34)c2Cl)c1Cl)c1cc2n(n1)CCC[C@@H]2N1CC[C@@H](O)C1. The molecule has 3 aliphatic rings. The molecular formula is C37H36Cl2F3N9O3. The molecule has 3 aromatic heterocycles. The number of rotatable bonds is 8. The van der Waals surface area contributed by atoms with Gasteiger partial charge in [-0.25, -0.2) is 9.97 Å². The van der Waals surface area contributed by atoms with E-state index in [0.29, 0.717) is 61.5 Å². The molecule has 3 aliphatic heterocycles. The van der Waals surface area contributed by atoms with Crippen LogP contribution < -0.4 is 10.6 Å². The topological polar surface area (TPSA) is 145 Å². The van der Waals surface area contributed by atoms with Gasteiger partial charge in [0.2, 0.25) is 5.82 Å². The summed E-state index contributed by atoms with van der Waals surface area (Å²) in [6.45, 7) is 3.60. The lowest BCUT2D eigenvalue weighted by Gasteiger charge is -2.31. The summed E-state index contributed by atoms with van der Waals surface area (Å²) in [6, 6.07) is 13.5. The summed E-state index contributed by atoms with van der Waals surface area (Å²) in [5.41, 5.74) is 3.43. The number of carbonyl (C=O) groups is 1. The van der Waals surface area contributed by atoms with Gasteiger partial charge in [0.1, 0.15) is 5.52 Å². The molecule has 6 heterocycles. The van der Waals surface area contributed by atoms with Crippen molar-refractivity contribution in [2.75, 3.05) is 36.8 Å². The van der Waals surface area contributed by atoms with Crippen molar-refractivity contribution in [3.63, 3.8) is 0 Å². The Balaban J connectivity index is 1.05. The van der Waals surface area contributed by atoms with Gasteiger partial charge in [-0.15, -0.1) is 0 Å². The molecule has 12 nitrogen and oxygen atoms in total. The first-order valence-electron chi connectivity index (χ1n) is 17.7. The van der Waals surface area contributed by atoms with Crippen LogP contribution in [-0.2, 0) is 19.3 Å². The summed E-state index contributed by atoms with van der Waals surface area (Å²) in [4.78, 5) is 29.8. The van der Waals surface area contributed by atoms with Crippen molar-refractivity contribution in [1.29, 1.82) is 0 Å². The van der Waals surface area contributed by atoms with E-state index >= 15 is 0 Å². The molecule has 0 radical (unpaired) electrons. The zero-order valence-corrected chi connectivity index (χ0v) is 30.3. The standard InChI is InChI=1S/C37H36Cl2F3N9O3/c38-31-23(24-5-2-7-26(32(24)39)45-35(54)28-15-30-29(8-3-11-51(30)48-28)50-13-10-22(53)19-50)4-1-6-25(31)44-34-33-27(46-36(47-34)37(40,41)42)14-20(16-43-33)17-49-12-9-21(52)18-49/h1-2,4-7,14-16,21-22,29,52-53H,3,8-13,17-19H2,(H,45,54)(H,44,46,47)/t21-,22-,29+/m1/s1. The van der Waals surface area contributed by atoms with E-state index in [2.05, 4.69) is 35.6 Å². The highest BCUT2D eigenvalue weighted by Gasteiger charge is 2.36. The lowest BCUT2D eigenvalue weighted by molar-refractivity contribution is -0.144. The molecule has 2 aromatic carbocycles. The van der Waals surface area contributed by atoms with Crippen LogP contribution in [-0.4, -0.2) is 89.0 Å². The van der Waals surface area contributed by atoms with Crippen LogP contribution in [0, 0.1) is 0 Å². The predicted octanol–water partition coefficient (Wildman–Crippen LogP) is 6.68. The number of likely N-dealkylation sites (tertiary alicyclic amines) is 2. The number of aliphatic hydroxyl groups excluding tert-OH is 2.